The molecule has 26 heavy (non-hydrogen) atoms. The average Bonchev–Trinajstić information content (AvgIpc) is 2.63. The third kappa shape index (κ3) is 5.50. The van der Waals surface area contributed by atoms with Gasteiger partial charge in [-0.25, -0.2) is 0 Å². The molecule has 0 aliphatic heterocycles. The van der Waals surface area contributed by atoms with Crippen molar-refractivity contribution in [2.45, 2.75) is 25.2 Å². The summed E-state index contributed by atoms with van der Waals surface area (Å²) in [6.45, 7) is 7.99. The smallest absolute Gasteiger partial charge is 0.251 e. The summed E-state index contributed by atoms with van der Waals surface area (Å²) in [6, 6.07) is 7.04. The summed E-state index contributed by atoms with van der Waals surface area (Å²) in [5.74, 6) is 0.272. The van der Waals surface area contributed by atoms with Crippen molar-refractivity contribution in [3.63, 3.8) is 0 Å². The Morgan fingerprint density at radius 2 is 2.00 bits per heavy atom. The first kappa shape index (κ1) is 20.8. The minimum Gasteiger partial charge on any atom is -0.355 e. The van der Waals surface area contributed by atoms with Crippen LogP contribution in [-0.2, 0) is 11.8 Å². The van der Waals surface area contributed by atoms with Gasteiger partial charge in [-0.15, -0.1) is 11.8 Å². The number of carbonyl (C=O) groups is 1. The number of rotatable bonds is 9. The number of carbonyl (C=O) groups excluding carboxylic acids is 1. The van der Waals surface area contributed by atoms with E-state index in [2.05, 4.69) is 24.1 Å². The number of aromatic nitrogens is 1. The van der Waals surface area contributed by atoms with Gasteiger partial charge in [0.2, 0.25) is 5.91 Å². The van der Waals surface area contributed by atoms with E-state index in [1.54, 1.807) is 29.8 Å². The van der Waals surface area contributed by atoms with Crippen molar-refractivity contribution in [2.24, 2.45) is 7.05 Å². The molecular formula is C19H26ClN3O2S. The lowest BCUT2D eigenvalue weighted by atomic mass is 10.2. The third-order valence-electron chi connectivity index (χ3n) is 4.40. The van der Waals surface area contributed by atoms with Crippen LogP contribution in [0.2, 0.25) is 5.02 Å². The molecule has 0 saturated heterocycles. The number of halogens is 1. The fraction of sp³-hybridized carbons (Fsp3) is 0.474. The highest BCUT2D eigenvalue weighted by molar-refractivity contribution is 8.00. The molecule has 0 bridgehead atoms. The Bertz CT molecular complexity index is 818. The van der Waals surface area contributed by atoms with E-state index in [1.807, 2.05) is 6.07 Å². The van der Waals surface area contributed by atoms with Crippen molar-refractivity contribution in [1.29, 1.82) is 0 Å². The first-order chi connectivity index (χ1) is 12.5. The maximum absolute atomic E-state index is 12.1. The predicted molar refractivity (Wildman–Crippen MR) is 110 cm³/mol. The number of amides is 1. The van der Waals surface area contributed by atoms with E-state index in [0.29, 0.717) is 11.6 Å². The molecule has 142 valence electrons. The second-order valence-electron chi connectivity index (χ2n) is 6.09. The van der Waals surface area contributed by atoms with Crippen molar-refractivity contribution < 1.29 is 4.79 Å². The van der Waals surface area contributed by atoms with Gasteiger partial charge in [-0.2, -0.15) is 0 Å². The third-order valence-corrected chi connectivity index (χ3v) is 5.69. The zero-order valence-electron chi connectivity index (χ0n) is 15.5. The summed E-state index contributed by atoms with van der Waals surface area (Å²) >= 11 is 7.43. The molecule has 7 heteroatoms. The zero-order chi connectivity index (χ0) is 19.1. The van der Waals surface area contributed by atoms with E-state index in [0.717, 1.165) is 41.9 Å². The molecule has 1 N–H and O–H groups in total. The predicted octanol–water partition coefficient (Wildman–Crippen LogP) is 3.13. The Kier molecular flexibility index (Phi) is 8.00. The van der Waals surface area contributed by atoms with Gasteiger partial charge < -0.3 is 14.8 Å². The second kappa shape index (κ2) is 10.00. The van der Waals surface area contributed by atoms with Crippen LogP contribution < -0.4 is 10.9 Å². The fourth-order valence-corrected chi connectivity index (χ4v) is 3.85. The van der Waals surface area contributed by atoms with Crippen LogP contribution in [0, 0.1) is 0 Å². The van der Waals surface area contributed by atoms with Gasteiger partial charge in [0.1, 0.15) is 0 Å². The number of thioether (sulfide) groups is 1. The molecule has 5 nitrogen and oxygen atoms in total. The minimum atomic E-state index is -0.109. The number of benzene rings is 1. The molecule has 2 rings (SSSR count). The number of nitrogens with one attached hydrogen (secondary N) is 1. The molecule has 0 unspecified atom stereocenters. The molecule has 0 radical (unpaired) electrons. The van der Waals surface area contributed by atoms with Crippen molar-refractivity contribution in [3.8, 4) is 0 Å². The van der Waals surface area contributed by atoms with Crippen LogP contribution in [0.1, 0.15) is 20.3 Å². The summed E-state index contributed by atoms with van der Waals surface area (Å²) in [5, 5.41) is 4.46. The number of nitrogens with zero attached hydrogens (tertiary/aromatic N) is 2. The lowest BCUT2D eigenvalue weighted by Crippen LogP contribution is -2.30. The molecule has 2 aromatic rings. The van der Waals surface area contributed by atoms with Gasteiger partial charge in [0.25, 0.3) is 5.56 Å². The molecule has 0 aliphatic carbocycles. The Morgan fingerprint density at radius 3 is 2.69 bits per heavy atom. The molecule has 1 aromatic heterocycles. The summed E-state index contributed by atoms with van der Waals surface area (Å²) in [6.07, 6.45) is 0.936. The summed E-state index contributed by atoms with van der Waals surface area (Å²) in [4.78, 5) is 27.4. The highest BCUT2D eigenvalue weighted by Gasteiger charge is 2.10. The number of pyridine rings is 1. The molecule has 0 fully saturated rings. The van der Waals surface area contributed by atoms with E-state index in [-0.39, 0.29) is 17.2 Å². The van der Waals surface area contributed by atoms with Gasteiger partial charge >= 0.3 is 0 Å². The van der Waals surface area contributed by atoms with Crippen molar-refractivity contribution in [2.75, 3.05) is 31.9 Å². The van der Waals surface area contributed by atoms with Crippen LogP contribution in [-0.4, -0.2) is 47.3 Å². The van der Waals surface area contributed by atoms with Gasteiger partial charge in [0.05, 0.1) is 11.3 Å². The normalized spacial score (nSPS) is 11.3. The fourth-order valence-electron chi connectivity index (χ4n) is 2.78. The van der Waals surface area contributed by atoms with E-state index in [4.69, 9.17) is 11.6 Å². The molecule has 1 amide bonds. The van der Waals surface area contributed by atoms with E-state index < -0.39 is 0 Å². The Balaban J connectivity index is 1.94. The first-order valence-corrected chi connectivity index (χ1v) is 10.2. The highest BCUT2D eigenvalue weighted by atomic mass is 35.5. The van der Waals surface area contributed by atoms with Crippen molar-refractivity contribution in [1.82, 2.24) is 14.8 Å². The van der Waals surface area contributed by atoms with Crippen LogP contribution in [0.5, 0.6) is 0 Å². The molecule has 0 aliphatic rings. The standard InChI is InChI=1S/C19H26ClN3O2S/c1-4-23(5-2)10-6-9-21-18(24)13-26-17-12-19(25)22(3)16-11-14(20)7-8-15(16)17/h7-8,11-12H,4-6,9-10,13H2,1-3H3,(H,21,24). The monoisotopic (exact) mass is 395 g/mol. The lowest BCUT2D eigenvalue weighted by Gasteiger charge is -2.17. The van der Waals surface area contributed by atoms with Crippen LogP contribution in [0.3, 0.4) is 0 Å². The average molecular weight is 396 g/mol. The lowest BCUT2D eigenvalue weighted by molar-refractivity contribution is -0.118. The summed E-state index contributed by atoms with van der Waals surface area (Å²) in [5.41, 5.74) is 0.661. The summed E-state index contributed by atoms with van der Waals surface area (Å²) < 4.78 is 1.57. The van der Waals surface area contributed by atoms with E-state index in [9.17, 15) is 9.59 Å². The molecule has 1 heterocycles. The zero-order valence-corrected chi connectivity index (χ0v) is 17.1. The Hall–Kier alpha value is -1.50. The van der Waals surface area contributed by atoms with Crippen LogP contribution in [0.15, 0.2) is 34.0 Å². The molecule has 0 atom stereocenters. The molecular weight excluding hydrogens is 370 g/mol. The second-order valence-corrected chi connectivity index (χ2v) is 7.54. The largest absolute Gasteiger partial charge is 0.355 e. The Morgan fingerprint density at radius 1 is 1.27 bits per heavy atom. The van der Waals surface area contributed by atoms with Gasteiger partial charge in [-0.05, 0) is 38.2 Å². The quantitative estimate of drug-likeness (QED) is 0.523. The topological polar surface area (TPSA) is 54.3 Å². The Labute approximate surface area is 163 Å². The van der Waals surface area contributed by atoms with Crippen LogP contribution >= 0.6 is 23.4 Å². The summed E-state index contributed by atoms with van der Waals surface area (Å²) in [7, 11) is 1.72. The van der Waals surface area contributed by atoms with E-state index in [1.165, 1.54) is 11.8 Å². The van der Waals surface area contributed by atoms with E-state index >= 15 is 0 Å². The minimum absolute atomic E-state index is 0.0164. The van der Waals surface area contributed by atoms with Gasteiger partial charge in [0.15, 0.2) is 0 Å². The number of fused-ring (bicyclic) bond motifs is 1. The SMILES string of the molecule is CCN(CC)CCCNC(=O)CSc1cc(=O)n(C)c2cc(Cl)ccc12. The van der Waals surface area contributed by atoms with Crippen LogP contribution in [0.4, 0.5) is 0 Å². The molecule has 0 spiro atoms. The van der Waals surface area contributed by atoms with Crippen molar-refractivity contribution in [3.05, 3.63) is 39.6 Å². The molecule has 0 saturated carbocycles. The van der Waals surface area contributed by atoms with Gasteiger partial charge in [-0.3, -0.25) is 9.59 Å². The first-order valence-electron chi connectivity index (χ1n) is 8.87. The van der Waals surface area contributed by atoms with Gasteiger partial charge in [0, 0.05) is 35.0 Å². The maximum atomic E-state index is 12.1. The van der Waals surface area contributed by atoms with Crippen molar-refractivity contribution >= 4 is 40.2 Å². The van der Waals surface area contributed by atoms with Gasteiger partial charge in [-0.1, -0.05) is 31.5 Å². The number of aryl methyl sites for hydroxylation is 1. The van der Waals surface area contributed by atoms with Crippen LogP contribution in [0.25, 0.3) is 10.9 Å². The highest BCUT2D eigenvalue weighted by Crippen LogP contribution is 2.28. The number of hydrogen-bond acceptors (Lipinski definition) is 4. The molecule has 1 aromatic carbocycles. The number of hydrogen-bond donors (Lipinski definition) is 1. The maximum Gasteiger partial charge on any atom is 0.251 e.